The molecule has 0 saturated heterocycles. The van der Waals surface area contributed by atoms with Crippen LogP contribution < -0.4 is 11.1 Å². The summed E-state index contributed by atoms with van der Waals surface area (Å²) in [6, 6.07) is 0.343. The first-order valence-electron chi connectivity index (χ1n) is 6.31. The SMILES string of the molecule is CC(N)CCCC(=O)NC1CCCC(O)C1. The highest BCUT2D eigenvalue weighted by molar-refractivity contribution is 5.76. The van der Waals surface area contributed by atoms with Gasteiger partial charge in [0.25, 0.3) is 0 Å². The molecule has 4 heteroatoms. The third-order valence-corrected chi connectivity index (χ3v) is 3.07. The monoisotopic (exact) mass is 228 g/mol. The van der Waals surface area contributed by atoms with Crippen LogP contribution >= 0.6 is 0 Å². The van der Waals surface area contributed by atoms with Gasteiger partial charge in [0.2, 0.25) is 5.91 Å². The summed E-state index contributed by atoms with van der Waals surface area (Å²) in [6.45, 7) is 1.95. The first-order chi connectivity index (χ1) is 7.58. The van der Waals surface area contributed by atoms with E-state index in [2.05, 4.69) is 5.32 Å². The van der Waals surface area contributed by atoms with Crippen LogP contribution in [0.5, 0.6) is 0 Å². The lowest BCUT2D eigenvalue weighted by Crippen LogP contribution is -2.39. The summed E-state index contributed by atoms with van der Waals surface area (Å²) in [5.74, 6) is 0.0970. The molecule has 1 fully saturated rings. The van der Waals surface area contributed by atoms with E-state index in [1.807, 2.05) is 6.92 Å². The second kappa shape index (κ2) is 6.86. The molecule has 1 aliphatic rings. The lowest BCUT2D eigenvalue weighted by atomic mass is 9.93. The van der Waals surface area contributed by atoms with Crippen LogP contribution in [0.3, 0.4) is 0 Å². The van der Waals surface area contributed by atoms with E-state index in [1.165, 1.54) is 0 Å². The molecule has 4 N–H and O–H groups in total. The maximum atomic E-state index is 11.6. The van der Waals surface area contributed by atoms with Crippen molar-refractivity contribution in [3.8, 4) is 0 Å². The normalized spacial score (nSPS) is 27.4. The van der Waals surface area contributed by atoms with Crippen molar-refractivity contribution in [1.29, 1.82) is 0 Å². The number of aliphatic hydroxyl groups is 1. The molecule has 0 bridgehead atoms. The Labute approximate surface area is 97.6 Å². The molecule has 0 radical (unpaired) electrons. The average molecular weight is 228 g/mol. The molecular formula is C12H24N2O2. The van der Waals surface area contributed by atoms with Gasteiger partial charge in [-0.2, -0.15) is 0 Å². The van der Waals surface area contributed by atoms with E-state index in [9.17, 15) is 9.90 Å². The summed E-state index contributed by atoms with van der Waals surface area (Å²) in [5, 5.41) is 12.5. The fourth-order valence-electron chi connectivity index (χ4n) is 2.18. The van der Waals surface area contributed by atoms with E-state index < -0.39 is 0 Å². The van der Waals surface area contributed by atoms with Gasteiger partial charge < -0.3 is 16.2 Å². The predicted molar refractivity (Wildman–Crippen MR) is 63.9 cm³/mol. The molecule has 0 heterocycles. The molecule has 1 saturated carbocycles. The van der Waals surface area contributed by atoms with Gasteiger partial charge in [0, 0.05) is 18.5 Å². The number of rotatable bonds is 5. The fourth-order valence-corrected chi connectivity index (χ4v) is 2.18. The number of nitrogens with two attached hydrogens (primary N) is 1. The average Bonchev–Trinajstić information content (AvgIpc) is 2.16. The van der Waals surface area contributed by atoms with Gasteiger partial charge in [0.15, 0.2) is 0 Å². The summed E-state index contributed by atoms with van der Waals surface area (Å²) in [4.78, 5) is 11.6. The number of carbonyl (C=O) groups is 1. The van der Waals surface area contributed by atoms with Crippen LogP contribution in [0, 0.1) is 0 Å². The number of aliphatic hydroxyl groups excluding tert-OH is 1. The van der Waals surface area contributed by atoms with E-state index in [1.54, 1.807) is 0 Å². The van der Waals surface area contributed by atoms with E-state index >= 15 is 0 Å². The zero-order valence-electron chi connectivity index (χ0n) is 10.1. The van der Waals surface area contributed by atoms with Gasteiger partial charge in [-0.25, -0.2) is 0 Å². The van der Waals surface area contributed by atoms with Crippen molar-refractivity contribution < 1.29 is 9.90 Å². The summed E-state index contributed by atoms with van der Waals surface area (Å²) >= 11 is 0. The van der Waals surface area contributed by atoms with Crippen molar-refractivity contribution in [2.45, 2.75) is 70.1 Å². The van der Waals surface area contributed by atoms with Gasteiger partial charge >= 0.3 is 0 Å². The third-order valence-electron chi connectivity index (χ3n) is 3.07. The molecule has 1 rings (SSSR count). The topological polar surface area (TPSA) is 75.4 Å². The summed E-state index contributed by atoms with van der Waals surface area (Å²) in [6.07, 6.45) is 5.63. The molecule has 3 unspecified atom stereocenters. The molecular weight excluding hydrogens is 204 g/mol. The highest BCUT2D eigenvalue weighted by Gasteiger charge is 2.21. The molecule has 4 nitrogen and oxygen atoms in total. The smallest absolute Gasteiger partial charge is 0.220 e. The lowest BCUT2D eigenvalue weighted by Gasteiger charge is -2.26. The molecule has 1 amide bonds. The maximum absolute atomic E-state index is 11.6. The Hall–Kier alpha value is -0.610. The lowest BCUT2D eigenvalue weighted by molar-refractivity contribution is -0.122. The maximum Gasteiger partial charge on any atom is 0.220 e. The van der Waals surface area contributed by atoms with Crippen molar-refractivity contribution >= 4 is 5.91 Å². The molecule has 94 valence electrons. The van der Waals surface area contributed by atoms with E-state index in [-0.39, 0.29) is 24.1 Å². The Balaban J connectivity index is 2.13. The van der Waals surface area contributed by atoms with Gasteiger partial charge in [-0.1, -0.05) is 0 Å². The Morgan fingerprint density at radius 1 is 1.56 bits per heavy atom. The van der Waals surface area contributed by atoms with Gasteiger partial charge in [0.05, 0.1) is 6.10 Å². The zero-order valence-corrected chi connectivity index (χ0v) is 10.1. The van der Waals surface area contributed by atoms with Crippen LogP contribution in [0.4, 0.5) is 0 Å². The fraction of sp³-hybridized carbons (Fsp3) is 0.917. The van der Waals surface area contributed by atoms with Crippen LogP contribution in [0.2, 0.25) is 0 Å². The molecule has 16 heavy (non-hydrogen) atoms. The molecule has 0 aliphatic heterocycles. The molecule has 3 atom stereocenters. The van der Waals surface area contributed by atoms with Crippen molar-refractivity contribution in [3.05, 3.63) is 0 Å². The summed E-state index contributed by atoms with van der Waals surface area (Å²) < 4.78 is 0. The minimum Gasteiger partial charge on any atom is -0.393 e. The number of carbonyl (C=O) groups excluding carboxylic acids is 1. The number of nitrogens with one attached hydrogen (secondary N) is 1. The first-order valence-corrected chi connectivity index (χ1v) is 6.31. The van der Waals surface area contributed by atoms with E-state index in [0.717, 1.165) is 32.1 Å². The molecule has 0 aromatic rings. The number of amides is 1. The number of hydrogen-bond donors (Lipinski definition) is 3. The van der Waals surface area contributed by atoms with Crippen molar-refractivity contribution in [3.63, 3.8) is 0 Å². The van der Waals surface area contributed by atoms with Gasteiger partial charge in [-0.3, -0.25) is 4.79 Å². The second-order valence-electron chi connectivity index (χ2n) is 4.95. The minimum absolute atomic E-state index is 0.0970. The van der Waals surface area contributed by atoms with Crippen LogP contribution in [0.15, 0.2) is 0 Å². The highest BCUT2D eigenvalue weighted by Crippen LogP contribution is 2.18. The van der Waals surface area contributed by atoms with Crippen molar-refractivity contribution in [1.82, 2.24) is 5.32 Å². The van der Waals surface area contributed by atoms with E-state index in [0.29, 0.717) is 12.8 Å². The van der Waals surface area contributed by atoms with Gasteiger partial charge in [0.1, 0.15) is 0 Å². The van der Waals surface area contributed by atoms with Crippen LogP contribution in [-0.4, -0.2) is 29.2 Å². The second-order valence-corrected chi connectivity index (χ2v) is 4.95. The minimum atomic E-state index is -0.233. The quantitative estimate of drug-likeness (QED) is 0.655. The summed E-state index contributed by atoms with van der Waals surface area (Å²) in [7, 11) is 0. The van der Waals surface area contributed by atoms with Crippen molar-refractivity contribution in [2.24, 2.45) is 5.73 Å². The molecule has 0 aromatic carbocycles. The van der Waals surface area contributed by atoms with Gasteiger partial charge in [-0.15, -0.1) is 0 Å². The standard InChI is InChI=1S/C12H24N2O2/c1-9(13)4-2-7-12(16)14-10-5-3-6-11(15)8-10/h9-11,15H,2-8,13H2,1H3,(H,14,16). The zero-order chi connectivity index (χ0) is 12.0. The Morgan fingerprint density at radius 2 is 2.31 bits per heavy atom. The van der Waals surface area contributed by atoms with Crippen molar-refractivity contribution in [2.75, 3.05) is 0 Å². The molecule has 1 aliphatic carbocycles. The number of hydrogen-bond acceptors (Lipinski definition) is 3. The predicted octanol–water partition coefficient (Wildman–Crippen LogP) is 0.924. The highest BCUT2D eigenvalue weighted by atomic mass is 16.3. The van der Waals surface area contributed by atoms with E-state index in [4.69, 9.17) is 5.73 Å². The molecule has 0 spiro atoms. The van der Waals surface area contributed by atoms with Gasteiger partial charge in [-0.05, 0) is 45.4 Å². The van der Waals surface area contributed by atoms with Crippen LogP contribution in [0.25, 0.3) is 0 Å². The largest absolute Gasteiger partial charge is 0.393 e. The Bertz CT molecular complexity index is 219. The molecule has 0 aromatic heterocycles. The Kier molecular flexibility index (Phi) is 5.77. The van der Waals surface area contributed by atoms with Crippen LogP contribution in [-0.2, 0) is 4.79 Å². The van der Waals surface area contributed by atoms with Crippen LogP contribution in [0.1, 0.15) is 51.9 Å². The first kappa shape index (κ1) is 13.5. The Morgan fingerprint density at radius 3 is 2.94 bits per heavy atom. The summed E-state index contributed by atoms with van der Waals surface area (Å²) in [5.41, 5.74) is 5.62. The third kappa shape index (κ3) is 5.47.